The highest BCUT2D eigenvalue weighted by atomic mass is 32.2. The summed E-state index contributed by atoms with van der Waals surface area (Å²) >= 11 is 2.28. The van der Waals surface area contributed by atoms with Crippen LogP contribution in [0.15, 0.2) is 34.1 Å². The Balaban J connectivity index is 2.43. The molecule has 0 aliphatic heterocycles. The summed E-state index contributed by atoms with van der Waals surface area (Å²) in [7, 11) is 0. The van der Waals surface area contributed by atoms with Crippen molar-refractivity contribution in [3.05, 3.63) is 46.5 Å². The first-order valence-electron chi connectivity index (χ1n) is 11.5. The molecule has 2 rings (SSSR count). The quantitative estimate of drug-likeness (QED) is 0.419. The number of hydrogen-bond donors (Lipinski definition) is 2. The second kappa shape index (κ2) is 9.39. The topological polar surface area (TPSA) is 49.7 Å². The van der Waals surface area contributed by atoms with Gasteiger partial charge in [-0.15, -0.1) is 0 Å². The highest BCUT2D eigenvalue weighted by Gasteiger charge is 2.27. The van der Waals surface area contributed by atoms with Crippen LogP contribution in [0.4, 0.5) is 0 Å². The lowest BCUT2D eigenvalue weighted by atomic mass is 9.80. The molecule has 0 atom stereocenters. The van der Waals surface area contributed by atoms with Gasteiger partial charge in [0.25, 0.3) is 0 Å². The fourth-order valence-corrected chi connectivity index (χ4v) is 4.89. The Morgan fingerprint density at radius 1 is 0.515 bits per heavy atom. The van der Waals surface area contributed by atoms with E-state index in [2.05, 4.69) is 95.2 Å². The van der Waals surface area contributed by atoms with E-state index in [0.717, 1.165) is 46.3 Å². The molecular formula is C28H42O3S2. The fraction of sp³-hybridized carbons (Fsp3) is 0.571. The monoisotopic (exact) mass is 490 g/mol. The first kappa shape index (κ1) is 27.9. The number of phenols is 2. The van der Waals surface area contributed by atoms with Gasteiger partial charge < -0.3 is 10.2 Å². The molecule has 0 aliphatic carbocycles. The lowest BCUT2D eigenvalue weighted by molar-refractivity contribution is 0.431. The van der Waals surface area contributed by atoms with Gasteiger partial charge in [-0.05, 0) is 44.9 Å². The minimum Gasteiger partial charge on any atom is -0.506 e. The van der Waals surface area contributed by atoms with Gasteiger partial charge in [0.1, 0.15) is 11.5 Å². The summed E-state index contributed by atoms with van der Waals surface area (Å²) in [5, 5.41) is 22.0. The van der Waals surface area contributed by atoms with E-state index in [-0.39, 0.29) is 33.2 Å². The van der Waals surface area contributed by atoms with Gasteiger partial charge in [-0.3, -0.25) is 0 Å². The summed E-state index contributed by atoms with van der Waals surface area (Å²) in [5.74, 6) is 0.508. The Morgan fingerprint density at radius 2 is 0.818 bits per heavy atom. The number of aromatic hydroxyl groups is 2. The van der Waals surface area contributed by atoms with Crippen molar-refractivity contribution in [2.45, 2.75) is 115 Å². The van der Waals surface area contributed by atoms with Gasteiger partial charge in [0, 0.05) is 35.2 Å². The maximum Gasteiger partial charge on any atom is 0.135 e. The van der Waals surface area contributed by atoms with Crippen LogP contribution in [-0.4, -0.2) is 10.2 Å². The van der Waals surface area contributed by atoms with Crippen molar-refractivity contribution in [1.29, 1.82) is 0 Å². The highest BCUT2D eigenvalue weighted by molar-refractivity contribution is 8.08. The third kappa shape index (κ3) is 6.86. The minimum absolute atomic E-state index is 0.0585. The SMILES string of the molecule is CC(C)(C)c1cc(SOSc2cc(C(C)(C)C)cc(C(C)(C)C)c2O)c(O)c(C(C)(C)C)c1. The average Bonchev–Trinajstić information content (AvgIpc) is 2.60. The Hall–Kier alpha value is -1.30. The number of phenolic OH excluding ortho intramolecular Hbond substituents is 2. The molecule has 184 valence electrons. The molecule has 0 radical (unpaired) electrons. The maximum absolute atomic E-state index is 11.0. The Labute approximate surface area is 210 Å². The standard InChI is InChI=1S/C28H42O3S2/c1-25(2,3)17-13-19(27(7,8)9)23(29)21(15-17)32-31-33-22-16-18(26(4,5)6)14-20(24(22)30)28(10,11)12/h13-16,29-30H,1-12H3. The molecule has 0 saturated carbocycles. The Bertz CT molecular complexity index is 917. The van der Waals surface area contributed by atoms with Crippen molar-refractivity contribution in [2.75, 3.05) is 0 Å². The summed E-state index contributed by atoms with van der Waals surface area (Å²) < 4.78 is 5.95. The van der Waals surface area contributed by atoms with Crippen molar-refractivity contribution in [1.82, 2.24) is 0 Å². The van der Waals surface area contributed by atoms with E-state index in [0.29, 0.717) is 9.79 Å². The predicted octanol–water partition coefficient (Wildman–Crippen LogP) is 9.02. The second-order valence-electron chi connectivity index (χ2n) is 13.0. The highest BCUT2D eigenvalue weighted by Crippen LogP contribution is 2.46. The van der Waals surface area contributed by atoms with E-state index < -0.39 is 0 Å². The van der Waals surface area contributed by atoms with Crippen LogP contribution in [0.2, 0.25) is 0 Å². The van der Waals surface area contributed by atoms with Crippen molar-refractivity contribution in [3.8, 4) is 11.5 Å². The zero-order valence-electron chi connectivity index (χ0n) is 22.4. The van der Waals surface area contributed by atoms with E-state index in [1.165, 1.54) is 0 Å². The lowest BCUT2D eigenvalue weighted by Crippen LogP contribution is -2.17. The van der Waals surface area contributed by atoms with Crippen LogP contribution >= 0.6 is 24.1 Å². The van der Waals surface area contributed by atoms with Gasteiger partial charge >= 0.3 is 0 Å². The fourth-order valence-electron chi connectivity index (χ4n) is 3.44. The molecule has 0 aromatic heterocycles. The molecule has 3 nitrogen and oxygen atoms in total. The van der Waals surface area contributed by atoms with Gasteiger partial charge in [-0.1, -0.05) is 95.2 Å². The van der Waals surface area contributed by atoms with Gasteiger partial charge in [0.2, 0.25) is 0 Å². The molecule has 0 heterocycles. The summed E-state index contributed by atoms with van der Waals surface area (Å²) in [5.41, 5.74) is 3.58. The Kier molecular flexibility index (Phi) is 7.95. The second-order valence-corrected chi connectivity index (χ2v) is 14.7. The number of hydrogen-bond acceptors (Lipinski definition) is 5. The average molecular weight is 491 g/mol. The molecular weight excluding hydrogens is 448 g/mol. The molecule has 0 saturated heterocycles. The molecule has 2 N–H and O–H groups in total. The predicted molar refractivity (Wildman–Crippen MR) is 144 cm³/mol. The largest absolute Gasteiger partial charge is 0.506 e. The normalized spacial score (nSPS) is 13.5. The van der Waals surface area contributed by atoms with Crippen LogP contribution in [0.5, 0.6) is 11.5 Å². The zero-order chi connectivity index (χ0) is 25.6. The molecule has 0 aliphatic rings. The van der Waals surface area contributed by atoms with Gasteiger partial charge in [-0.2, -0.15) is 0 Å². The van der Waals surface area contributed by atoms with Crippen molar-refractivity contribution in [3.63, 3.8) is 0 Å². The minimum atomic E-state index is -0.200. The lowest BCUT2D eigenvalue weighted by Gasteiger charge is -2.27. The van der Waals surface area contributed by atoms with Gasteiger partial charge in [0.05, 0.1) is 9.79 Å². The van der Waals surface area contributed by atoms with Crippen molar-refractivity contribution >= 4 is 24.1 Å². The molecule has 0 spiro atoms. The molecule has 0 fully saturated rings. The van der Waals surface area contributed by atoms with Crippen molar-refractivity contribution in [2.24, 2.45) is 0 Å². The van der Waals surface area contributed by atoms with Crippen LogP contribution in [0.3, 0.4) is 0 Å². The third-order valence-corrected chi connectivity index (χ3v) is 7.27. The van der Waals surface area contributed by atoms with E-state index in [9.17, 15) is 10.2 Å². The summed E-state index contributed by atoms with van der Waals surface area (Å²) in [6, 6.07) is 8.20. The summed E-state index contributed by atoms with van der Waals surface area (Å²) in [6.45, 7) is 25.6. The zero-order valence-corrected chi connectivity index (χ0v) is 24.1. The molecule has 2 aromatic rings. The molecule has 0 amide bonds. The maximum atomic E-state index is 11.0. The smallest absolute Gasteiger partial charge is 0.135 e. The van der Waals surface area contributed by atoms with Crippen LogP contribution in [0.1, 0.15) is 105 Å². The van der Waals surface area contributed by atoms with Crippen LogP contribution in [0.25, 0.3) is 0 Å². The van der Waals surface area contributed by atoms with E-state index in [1.807, 2.05) is 12.1 Å². The van der Waals surface area contributed by atoms with E-state index in [4.69, 9.17) is 3.63 Å². The van der Waals surface area contributed by atoms with Crippen LogP contribution in [-0.2, 0) is 25.3 Å². The van der Waals surface area contributed by atoms with Gasteiger partial charge in [0.15, 0.2) is 0 Å². The van der Waals surface area contributed by atoms with Crippen LogP contribution < -0.4 is 0 Å². The number of benzene rings is 2. The Morgan fingerprint density at radius 3 is 1.06 bits per heavy atom. The molecule has 5 heteroatoms. The molecule has 33 heavy (non-hydrogen) atoms. The van der Waals surface area contributed by atoms with Crippen molar-refractivity contribution < 1.29 is 13.8 Å². The van der Waals surface area contributed by atoms with Gasteiger partial charge in [-0.25, -0.2) is 3.63 Å². The van der Waals surface area contributed by atoms with Crippen LogP contribution in [0, 0.1) is 0 Å². The summed E-state index contributed by atoms with van der Waals surface area (Å²) in [6.07, 6.45) is 0. The van der Waals surface area contributed by atoms with E-state index >= 15 is 0 Å². The van der Waals surface area contributed by atoms with E-state index in [1.54, 1.807) is 0 Å². The number of rotatable bonds is 4. The molecule has 0 bridgehead atoms. The first-order chi connectivity index (χ1) is 14.7. The molecule has 2 aromatic carbocycles. The summed E-state index contributed by atoms with van der Waals surface area (Å²) in [4.78, 5) is 1.37. The third-order valence-electron chi connectivity index (χ3n) is 5.75. The molecule has 0 unspecified atom stereocenters. The first-order valence-corrected chi connectivity index (χ1v) is 13.0.